The van der Waals surface area contributed by atoms with Crippen molar-refractivity contribution >= 4 is 52.1 Å². The molecule has 1 aromatic heterocycles. The largest absolute Gasteiger partial charge is 0.314 e. The molecule has 1 saturated heterocycles. The highest BCUT2D eigenvalue weighted by Crippen LogP contribution is 2.29. The molecule has 0 aromatic carbocycles. The smallest absolute Gasteiger partial charge is 0.110 e. The zero-order chi connectivity index (χ0) is 10.7. The first-order valence-electron chi connectivity index (χ1n) is 5.06. The average Bonchev–Trinajstić information content (AvgIpc) is 2.68. The molecule has 17 heavy (non-hydrogen) atoms. The summed E-state index contributed by atoms with van der Waals surface area (Å²) in [6.45, 7) is 3.49. The fourth-order valence-electron chi connectivity index (χ4n) is 1.85. The Bertz CT molecular complexity index is 321. The van der Waals surface area contributed by atoms with Crippen LogP contribution >= 0.6 is 52.1 Å². The van der Waals surface area contributed by atoms with Crippen molar-refractivity contribution in [2.24, 2.45) is 0 Å². The molecule has 2 rings (SSSR count). The van der Waals surface area contributed by atoms with Crippen molar-refractivity contribution in [1.82, 2.24) is 10.2 Å². The number of thiophene rings is 1. The van der Waals surface area contributed by atoms with Gasteiger partial charge in [0.1, 0.15) is 6.67 Å². The minimum atomic E-state index is -0.299. The molecule has 0 saturated carbocycles. The van der Waals surface area contributed by atoms with Crippen LogP contribution in [0.5, 0.6) is 0 Å². The molecular weight excluding hydrogens is 350 g/mol. The van der Waals surface area contributed by atoms with E-state index in [0.717, 1.165) is 35.5 Å². The Labute approximate surface area is 126 Å². The summed E-state index contributed by atoms with van der Waals surface area (Å²) in [6.07, 6.45) is 0. The molecule has 0 radical (unpaired) electrons. The van der Waals surface area contributed by atoms with Gasteiger partial charge in [-0.2, -0.15) is 0 Å². The fraction of sp³-hybridized carbons (Fsp3) is 0.600. The summed E-state index contributed by atoms with van der Waals surface area (Å²) in [5, 5.41) is 5.29. The average molecular weight is 366 g/mol. The maximum atomic E-state index is 13.1. The lowest BCUT2D eigenvalue weighted by atomic mass is 10.2. The fourth-order valence-corrected chi connectivity index (χ4v) is 3.41. The number of piperazine rings is 1. The van der Waals surface area contributed by atoms with Gasteiger partial charge >= 0.3 is 0 Å². The van der Waals surface area contributed by atoms with Crippen molar-refractivity contribution in [2.75, 3.05) is 32.9 Å². The van der Waals surface area contributed by atoms with Gasteiger partial charge in [-0.3, -0.25) is 4.90 Å². The maximum absolute atomic E-state index is 13.1. The molecule has 2 nitrogen and oxygen atoms in total. The summed E-state index contributed by atoms with van der Waals surface area (Å²) in [5.41, 5.74) is 0. The van der Waals surface area contributed by atoms with E-state index in [1.165, 1.54) is 0 Å². The molecule has 0 bridgehead atoms. The van der Waals surface area contributed by atoms with Crippen molar-refractivity contribution in [3.63, 3.8) is 0 Å². The van der Waals surface area contributed by atoms with Gasteiger partial charge in [0.25, 0.3) is 0 Å². The van der Waals surface area contributed by atoms with Crippen molar-refractivity contribution in [3.05, 3.63) is 20.8 Å². The Morgan fingerprint density at radius 3 is 2.53 bits per heavy atom. The lowest BCUT2D eigenvalue weighted by molar-refractivity contribution is 0.150. The van der Waals surface area contributed by atoms with Gasteiger partial charge in [-0.1, -0.05) is 0 Å². The minimum Gasteiger partial charge on any atom is -0.314 e. The first-order valence-corrected chi connectivity index (χ1v) is 6.73. The number of nitrogens with one attached hydrogen (secondary N) is 1. The monoisotopic (exact) mass is 364 g/mol. The Morgan fingerprint density at radius 2 is 2.06 bits per heavy atom. The lowest BCUT2D eigenvalue weighted by Crippen LogP contribution is -2.45. The summed E-state index contributed by atoms with van der Waals surface area (Å²) in [4.78, 5) is 3.33. The topological polar surface area (TPSA) is 15.3 Å². The third-order valence-electron chi connectivity index (χ3n) is 2.65. The molecule has 1 aliphatic heterocycles. The SMILES string of the molecule is Cl.Cl.FC[C@@H](c1cc(Br)cs1)N1CCNCC1. The van der Waals surface area contributed by atoms with E-state index in [1.807, 2.05) is 11.4 Å². The van der Waals surface area contributed by atoms with Crippen LogP contribution in [0.25, 0.3) is 0 Å². The zero-order valence-corrected chi connectivity index (χ0v) is 13.2. The number of nitrogens with zero attached hydrogens (tertiary/aromatic N) is 1. The summed E-state index contributed by atoms with van der Waals surface area (Å²) in [6, 6.07) is 1.97. The third kappa shape index (κ3) is 4.65. The van der Waals surface area contributed by atoms with E-state index >= 15 is 0 Å². The molecule has 0 amide bonds. The number of hydrogen-bond acceptors (Lipinski definition) is 3. The molecule has 2 heterocycles. The highest BCUT2D eigenvalue weighted by Gasteiger charge is 2.23. The molecule has 7 heteroatoms. The van der Waals surface area contributed by atoms with Crippen molar-refractivity contribution in [3.8, 4) is 0 Å². The second-order valence-corrected chi connectivity index (χ2v) is 5.48. The summed E-state index contributed by atoms with van der Waals surface area (Å²) in [7, 11) is 0. The number of halogens is 4. The molecule has 100 valence electrons. The Balaban J connectivity index is 0.00000128. The zero-order valence-electron chi connectivity index (χ0n) is 9.20. The van der Waals surface area contributed by atoms with Gasteiger partial charge < -0.3 is 5.32 Å². The Hall–Kier alpha value is 0.610. The van der Waals surface area contributed by atoms with E-state index in [4.69, 9.17) is 0 Å². The van der Waals surface area contributed by atoms with Crippen LogP contribution < -0.4 is 5.32 Å². The van der Waals surface area contributed by atoms with Gasteiger partial charge in [-0.15, -0.1) is 36.2 Å². The third-order valence-corrected chi connectivity index (χ3v) is 4.45. The predicted molar refractivity (Wildman–Crippen MR) is 79.7 cm³/mol. The van der Waals surface area contributed by atoms with E-state index < -0.39 is 0 Å². The van der Waals surface area contributed by atoms with Crippen molar-refractivity contribution in [1.29, 1.82) is 0 Å². The van der Waals surface area contributed by atoms with Crippen molar-refractivity contribution in [2.45, 2.75) is 6.04 Å². The first-order chi connectivity index (χ1) is 7.31. The van der Waals surface area contributed by atoms with E-state index in [1.54, 1.807) is 11.3 Å². The summed E-state index contributed by atoms with van der Waals surface area (Å²) < 4.78 is 14.1. The maximum Gasteiger partial charge on any atom is 0.110 e. The first kappa shape index (κ1) is 17.6. The van der Waals surface area contributed by atoms with Gasteiger partial charge in [0.2, 0.25) is 0 Å². The molecule has 1 aromatic rings. The molecule has 1 N–H and O–H groups in total. The summed E-state index contributed by atoms with van der Waals surface area (Å²) in [5.74, 6) is 0. The van der Waals surface area contributed by atoms with Crippen LogP contribution in [-0.4, -0.2) is 37.8 Å². The Morgan fingerprint density at radius 1 is 1.41 bits per heavy atom. The standard InChI is InChI=1S/C10H14BrFN2S.2ClH/c11-8-5-10(15-7-8)9(6-12)14-3-1-13-2-4-14;;/h5,7,9,13H,1-4,6H2;2*1H/t9-;;/m0../s1. The number of hydrogen-bond donors (Lipinski definition) is 1. The molecule has 0 spiro atoms. The van der Waals surface area contributed by atoms with E-state index in [2.05, 4.69) is 26.1 Å². The molecule has 1 aliphatic rings. The van der Waals surface area contributed by atoms with E-state index in [0.29, 0.717) is 0 Å². The van der Waals surface area contributed by atoms with Gasteiger partial charge in [-0.05, 0) is 22.0 Å². The van der Waals surface area contributed by atoms with Gasteiger partial charge in [0.15, 0.2) is 0 Å². The highest BCUT2D eigenvalue weighted by molar-refractivity contribution is 9.10. The van der Waals surface area contributed by atoms with Gasteiger partial charge in [-0.25, -0.2) is 4.39 Å². The lowest BCUT2D eigenvalue weighted by Gasteiger charge is -2.32. The normalized spacial score (nSPS) is 18.0. The van der Waals surface area contributed by atoms with Crippen molar-refractivity contribution < 1.29 is 4.39 Å². The van der Waals surface area contributed by atoms with Crippen LogP contribution in [-0.2, 0) is 0 Å². The minimum absolute atomic E-state index is 0. The second kappa shape index (κ2) is 8.67. The van der Waals surface area contributed by atoms with Crippen LogP contribution in [0.15, 0.2) is 15.9 Å². The highest BCUT2D eigenvalue weighted by atomic mass is 79.9. The number of alkyl halides is 1. The molecule has 1 atom stereocenters. The summed E-state index contributed by atoms with van der Waals surface area (Å²) >= 11 is 5.04. The van der Waals surface area contributed by atoms with E-state index in [-0.39, 0.29) is 37.5 Å². The molecule has 1 fully saturated rings. The van der Waals surface area contributed by atoms with Gasteiger partial charge in [0, 0.05) is 40.9 Å². The van der Waals surface area contributed by atoms with Crippen LogP contribution in [0.3, 0.4) is 0 Å². The van der Waals surface area contributed by atoms with Crippen LogP contribution in [0.1, 0.15) is 10.9 Å². The van der Waals surface area contributed by atoms with Gasteiger partial charge in [0.05, 0.1) is 6.04 Å². The second-order valence-electron chi connectivity index (χ2n) is 3.62. The Kier molecular flexibility index (Phi) is 8.98. The van der Waals surface area contributed by atoms with Crippen LogP contribution in [0.4, 0.5) is 4.39 Å². The van der Waals surface area contributed by atoms with Crippen LogP contribution in [0, 0.1) is 0 Å². The molecular formula is C10H16BrCl2FN2S. The van der Waals surface area contributed by atoms with E-state index in [9.17, 15) is 4.39 Å². The quantitative estimate of drug-likeness (QED) is 0.884. The predicted octanol–water partition coefficient (Wildman–Crippen LogP) is 3.27. The number of rotatable bonds is 3. The molecule has 0 aliphatic carbocycles. The van der Waals surface area contributed by atoms with Crippen LogP contribution in [0.2, 0.25) is 0 Å². The molecule has 0 unspecified atom stereocenters.